The molecule has 0 saturated heterocycles. The fourth-order valence-electron chi connectivity index (χ4n) is 2.90. The second-order valence-corrected chi connectivity index (χ2v) is 4.98. The Balaban J connectivity index is 2.29. The van der Waals surface area contributed by atoms with E-state index in [9.17, 15) is 4.79 Å². The number of hydrogen-bond donors (Lipinski definition) is 0. The lowest BCUT2D eigenvalue weighted by atomic mass is 9.86. The molecule has 0 N–H and O–H groups in total. The first-order valence-corrected chi connectivity index (χ1v) is 6.63. The van der Waals surface area contributed by atoms with Gasteiger partial charge in [-0.05, 0) is 49.7 Å². The van der Waals surface area contributed by atoms with Crippen LogP contribution in [0, 0.1) is 11.3 Å². The van der Waals surface area contributed by atoms with E-state index in [4.69, 9.17) is 5.26 Å². The van der Waals surface area contributed by atoms with Crippen molar-refractivity contribution in [3.8, 4) is 6.07 Å². The molecule has 0 heterocycles. The molecule has 0 amide bonds. The molecule has 17 heavy (non-hydrogen) atoms. The summed E-state index contributed by atoms with van der Waals surface area (Å²) < 4.78 is 0. The third-order valence-electron chi connectivity index (χ3n) is 3.84. The Morgan fingerprint density at radius 2 is 1.65 bits per heavy atom. The summed E-state index contributed by atoms with van der Waals surface area (Å²) in [5.74, 6) is 0.347. The highest BCUT2D eigenvalue weighted by atomic mass is 16.1. The maximum Gasteiger partial charge on any atom is 0.133 e. The average molecular weight is 229 g/mol. The lowest BCUT2D eigenvalue weighted by Gasteiger charge is -2.19. The third-order valence-corrected chi connectivity index (χ3v) is 3.84. The fourth-order valence-corrected chi connectivity index (χ4v) is 2.90. The van der Waals surface area contributed by atoms with Crippen LogP contribution in [-0.4, -0.2) is 5.78 Å². The normalized spacial score (nSPS) is 24.6. The van der Waals surface area contributed by atoms with Gasteiger partial charge in [-0.3, -0.25) is 4.79 Å². The van der Waals surface area contributed by atoms with Crippen molar-refractivity contribution in [2.45, 2.75) is 57.8 Å². The lowest BCUT2D eigenvalue weighted by molar-refractivity contribution is -0.118. The monoisotopic (exact) mass is 229 g/mol. The molecule has 2 fully saturated rings. The van der Waals surface area contributed by atoms with Gasteiger partial charge in [0, 0.05) is 18.9 Å². The number of nitrogens with zero attached hydrogens (tertiary/aromatic N) is 1. The van der Waals surface area contributed by atoms with Crippen molar-refractivity contribution < 1.29 is 4.79 Å². The van der Waals surface area contributed by atoms with Gasteiger partial charge in [-0.2, -0.15) is 5.26 Å². The number of hydrogen-bond acceptors (Lipinski definition) is 2. The fraction of sp³-hybridized carbons (Fsp3) is 0.600. The van der Waals surface area contributed by atoms with Crippen molar-refractivity contribution in [2.24, 2.45) is 0 Å². The summed E-state index contributed by atoms with van der Waals surface area (Å²) in [6, 6.07) is 2.14. The molecule has 2 saturated carbocycles. The molecule has 2 rings (SSSR count). The second kappa shape index (κ2) is 5.82. The molecule has 90 valence electrons. The summed E-state index contributed by atoms with van der Waals surface area (Å²) in [6.45, 7) is 0. The minimum absolute atomic E-state index is 0.347. The van der Waals surface area contributed by atoms with Gasteiger partial charge in [-0.1, -0.05) is 12.0 Å². The van der Waals surface area contributed by atoms with Gasteiger partial charge in [-0.25, -0.2) is 0 Å². The molecule has 0 aromatic carbocycles. The SMILES string of the molecule is N#C/C=C1\CCC(=O)CCC1=C1CCCCC1. The number of rotatable bonds is 0. The number of allylic oxidation sites excluding steroid dienone is 4. The second-order valence-electron chi connectivity index (χ2n) is 4.98. The molecule has 0 spiro atoms. The predicted octanol–water partition coefficient (Wildman–Crippen LogP) is 3.84. The molecule has 2 aliphatic rings. The maximum atomic E-state index is 11.5. The third kappa shape index (κ3) is 3.06. The van der Waals surface area contributed by atoms with Crippen LogP contribution in [0.2, 0.25) is 0 Å². The van der Waals surface area contributed by atoms with Crippen LogP contribution >= 0.6 is 0 Å². The molecule has 0 aliphatic heterocycles. The molecular weight excluding hydrogens is 210 g/mol. The van der Waals surface area contributed by atoms with Gasteiger partial charge in [0.25, 0.3) is 0 Å². The summed E-state index contributed by atoms with van der Waals surface area (Å²) in [4.78, 5) is 11.5. The van der Waals surface area contributed by atoms with Crippen molar-refractivity contribution in [2.75, 3.05) is 0 Å². The van der Waals surface area contributed by atoms with Crippen molar-refractivity contribution in [1.29, 1.82) is 5.26 Å². The van der Waals surface area contributed by atoms with Crippen molar-refractivity contribution in [3.05, 3.63) is 22.8 Å². The first-order chi connectivity index (χ1) is 8.31. The van der Waals surface area contributed by atoms with Crippen molar-refractivity contribution in [3.63, 3.8) is 0 Å². The molecule has 0 bridgehead atoms. The molecule has 2 heteroatoms. The van der Waals surface area contributed by atoms with E-state index in [-0.39, 0.29) is 0 Å². The zero-order valence-corrected chi connectivity index (χ0v) is 10.3. The van der Waals surface area contributed by atoms with Crippen LogP contribution in [0.5, 0.6) is 0 Å². The lowest BCUT2D eigenvalue weighted by Crippen LogP contribution is -2.01. The van der Waals surface area contributed by atoms with Gasteiger partial charge in [0.1, 0.15) is 5.78 Å². The summed E-state index contributed by atoms with van der Waals surface area (Å²) in [5, 5.41) is 8.86. The highest BCUT2D eigenvalue weighted by Crippen LogP contribution is 2.34. The van der Waals surface area contributed by atoms with E-state index in [0.717, 1.165) is 18.4 Å². The quantitative estimate of drug-likeness (QED) is 0.467. The van der Waals surface area contributed by atoms with Gasteiger partial charge in [-0.15, -0.1) is 0 Å². The zero-order chi connectivity index (χ0) is 12.1. The summed E-state index contributed by atoms with van der Waals surface area (Å²) in [7, 11) is 0. The summed E-state index contributed by atoms with van der Waals surface area (Å²) >= 11 is 0. The topological polar surface area (TPSA) is 40.9 Å². The molecule has 2 nitrogen and oxygen atoms in total. The standard InChI is InChI=1S/C15H19NO/c16-11-10-13-6-7-14(17)8-9-15(13)12-4-2-1-3-5-12/h10H,1-9H2/b13-10+. The molecule has 0 unspecified atom stereocenters. The highest BCUT2D eigenvalue weighted by Gasteiger charge is 2.19. The van der Waals surface area contributed by atoms with Gasteiger partial charge < -0.3 is 0 Å². The van der Waals surface area contributed by atoms with Gasteiger partial charge in [0.2, 0.25) is 0 Å². The Morgan fingerprint density at radius 1 is 0.941 bits per heavy atom. The van der Waals surface area contributed by atoms with Gasteiger partial charge in [0.15, 0.2) is 0 Å². The summed E-state index contributed by atoms with van der Waals surface area (Å²) in [5.41, 5.74) is 4.00. The van der Waals surface area contributed by atoms with Crippen LogP contribution in [0.1, 0.15) is 57.8 Å². The van der Waals surface area contributed by atoms with Crippen LogP contribution in [0.4, 0.5) is 0 Å². The predicted molar refractivity (Wildman–Crippen MR) is 67.3 cm³/mol. The van der Waals surface area contributed by atoms with Gasteiger partial charge >= 0.3 is 0 Å². The van der Waals surface area contributed by atoms with E-state index in [1.54, 1.807) is 6.08 Å². The Bertz CT molecular complexity index is 401. The smallest absolute Gasteiger partial charge is 0.133 e. The number of carbonyl (C=O) groups is 1. The number of ketones is 1. The first-order valence-electron chi connectivity index (χ1n) is 6.63. The van der Waals surface area contributed by atoms with E-state index in [0.29, 0.717) is 18.6 Å². The molecule has 0 atom stereocenters. The zero-order valence-electron chi connectivity index (χ0n) is 10.3. The van der Waals surface area contributed by atoms with Crippen LogP contribution in [-0.2, 0) is 4.79 Å². The summed E-state index contributed by atoms with van der Waals surface area (Å²) in [6.07, 6.45) is 10.8. The van der Waals surface area contributed by atoms with E-state index in [2.05, 4.69) is 6.07 Å². The Hall–Kier alpha value is -1.36. The molecule has 0 radical (unpaired) electrons. The van der Waals surface area contributed by atoms with Crippen LogP contribution < -0.4 is 0 Å². The minimum atomic E-state index is 0.347. The Labute approximate surface area is 103 Å². The van der Waals surface area contributed by atoms with Crippen molar-refractivity contribution in [1.82, 2.24) is 0 Å². The molecule has 2 aliphatic carbocycles. The average Bonchev–Trinajstić information content (AvgIpc) is 2.54. The molecular formula is C15H19NO. The minimum Gasteiger partial charge on any atom is -0.300 e. The largest absolute Gasteiger partial charge is 0.300 e. The van der Waals surface area contributed by atoms with E-state index in [1.165, 1.54) is 43.3 Å². The first kappa shape index (κ1) is 12.1. The molecule has 0 aromatic rings. The highest BCUT2D eigenvalue weighted by molar-refractivity contribution is 5.80. The van der Waals surface area contributed by atoms with E-state index in [1.807, 2.05) is 0 Å². The van der Waals surface area contributed by atoms with Crippen LogP contribution in [0.3, 0.4) is 0 Å². The number of Topliss-reactive ketones (excluding diaryl/α,β-unsaturated/α-hetero) is 1. The van der Waals surface area contributed by atoms with E-state index >= 15 is 0 Å². The van der Waals surface area contributed by atoms with E-state index < -0.39 is 0 Å². The Morgan fingerprint density at radius 3 is 2.35 bits per heavy atom. The van der Waals surface area contributed by atoms with Crippen LogP contribution in [0.15, 0.2) is 22.8 Å². The van der Waals surface area contributed by atoms with Crippen LogP contribution in [0.25, 0.3) is 0 Å². The molecule has 0 aromatic heterocycles. The Kier molecular flexibility index (Phi) is 4.14. The number of carbonyl (C=O) groups excluding carboxylic acids is 1. The number of nitriles is 1. The van der Waals surface area contributed by atoms with Crippen molar-refractivity contribution >= 4 is 5.78 Å². The maximum absolute atomic E-state index is 11.5. The van der Waals surface area contributed by atoms with Gasteiger partial charge in [0.05, 0.1) is 6.07 Å².